The third-order valence-electron chi connectivity index (χ3n) is 4.02. The minimum Gasteiger partial charge on any atom is -0.310 e. The first kappa shape index (κ1) is 13.5. The van der Waals surface area contributed by atoms with Crippen molar-refractivity contribution in [3.05, 3.63) is 47.0 Å². The Balaban J connectivity index is 1.70. The second-order valence-electron chi connectivity index (χ2n) is 5.46. The normalized spacial score (nSPS) is 19.6. The minimum atomic E-state index is 0.598. The van der Waals surface area contributed by atoms with Crippen LogP contribution < -0.4 is 0 Å². The number of benzene rings is 1. The third kappa shape index (κ3) is 2.83. The van der Waals surface area contributed by atoms with E-state index in [0.717, 1.165) is 24.4 Å². The summed E-state index contributed by atoms with van der Waals surface area (Å²) in [6, 6.07) is 11.3. The van der Waals surface area contributed by atoms with Gasteiger partial charge in [-0.1, -0.05) is 30.3 Å². The van der Waals surface area contributed by atoms with Crippen LogP contribution in [0.4, 0.5) is 0 Å². The Kier molecular flexibility index (Phi) is 3.98. The highest BCUT2D eigenvalue weighted by Gasteiger charge is 2.25. The van der Waals surface area contributed by atoms with Crippen molar-refractivity contribution in [1.29, 1.82) is 0 Å². The number of aromatic nitrogens is 3. The van der Waals surface area contributed by atoms with Crippen molar-refractivity contribution < 1.29 is 0 Å². The van der Waals surface area contributed by atoms with Gasteiger partial charge in [0.2, 0.25) is 0 Å². The van der Waals surface area contributed by atoms with Crippen LogP contribution >= 0.6 is 12.2 Å². The fourth-order valence-electron chi connectivity index (χ4n) is 2.89. The smallest absolute Gasteiger partial charge is 0.198 e. The second kappa shape index (κ2) is 5.89. The Labute approximate surface area is 124 Å². The van der Waals surface area contributed by atoms with Gasteiger partial charge in [-0.05, 0) is 37.0 Å². The average Bonchev–Trinajstić information content (AvgIpc) is 3.02. The van der Waals surface area contributed by atoms with Crippen LogP contribution in [0.3, 0.4) is 0 Å². The quantitative estimate of drug-likeness (QED) is 0.809. The molecule has 5 heteroatoms. The molecule has 0 saturated carbocycles. The van der Waals surface area contributed by atoms with Crippen LogP contribution in [0.5, 0.6) is 0 Å². The van der Waals surface area contributed by atoms with E-state index in [1.807, 2.05) is 16.3 Å². The average molecular weight is 288 g/mol. The maximum atomic E-state index is 5.37. The molecule has 0 bridgehead atoms. The van der Waals surface area contributed by atoms with Crippen molar-refractivity contribution in [2.24, 2.45) is 7.05 Å². The van der Waals surface area contributed by atoms with Crippen LogP contribution in [0.25, 0.3) is 0 Å². The van der Waals surface area contributed by atoms with Gasteiger partial charge >= 0.3 is 0 Å². The fourth-order valence-corrected chi connectivity index (χ4v) is 3.04. The van der Waals surface area contributed by atoms with E-state index in [0.29, 0.717) is 6.04 Å². The molecule has 1 atom stereocenters. The van der Waals surface area contributed by atoms with E-state index < -0.39 is 0 Å². The molecule has 20 heavy (non-hydrogen) atoms. The molecule has 0 N–H and O–H groups in total. The van der Waals surface area contributed by atoms with Crippen molar-refractivity contribution in [2.75, 3.05) is 6.54 Å². The summed E-state index contributed by atoms with van der Waals surface area (Å²) in [7, 11) is 1.94. The number of hydrogen-bond donors (Lipinski definition) is 0. The predicted octanol–water partition coefficient (Wildman–Crippen LogP) is 2.62. The summed E-state index contributed by atoms with van der Waals surface area (Å²) in [6.45, 7) is 1.94. The lowest BCUT2D eigenvalue weighted by Gasteiger charge is -2.24. The van der Waals surface area contributed by atoms with E-state index in [2.05, 4.69) is 40.3 Å². The summed E-state index contributed by atoms with van der Waals surface area (Å²) in [5.74, 6) is 0. The van der Waals surface area contributed by atoms with E-state index in [9.17, 15) is 0 Å². The molecule has 2 heterocycles. The summed E-state index contributed by atoms with van der Waals surface area (Å²) in [4.78, 5) is 2.50. The van der Waals surface area contributed by atoms with Gasteiger partial charge in [0, 0.05) is 19.6 Å². The topological polar surface area (TPSA) is 26.0 Å². The van der Waals surface area contributed by atoms with Gasteiger partial charge in [0.1, 0.15) is 6.33 Å². The zero-order chi connectivity index (χ0) is 13.9. The lowest BCUT2D eigenvalue weighted by atomic mass is 10.0. The van der Waals surface area contributed by atoms with E-state index in [1.165, 1.54) is 18.4 Å². The van der Waals surface area contributed by atoms with Crippen LogP contribution in [0.1, 0.15) is 18.4 Å². The van der Waals surface area contributed by atoms with Crippen molar-refractivity contribution in [2.45, 2.75) is 32.0 Å². The van der Waals surface area contributed by atoms with E-state index in [4.69, 9.17) is 12.2 Å². The molecule has 1 aromatic carbocycles. The standard InChI is InChI=1S/C15H20N4S/c1-17-11-16-19(15(17)20)12-18-9-5-8-14(18)10-13-6-3-2-4-7-13/h2-4,6-7,11,14H,5,8-10,12H2,1H3/t14-/m1/s1. The molecule has 3 rings (SSSR count). The number of aryl methyl sites for hydroxylation is 1. The Hall–Kier alpha value is -1.46. The van der Waals surface area contributed by atoms with Gasteiger partial charge < -0.3 is 4.57 Å². The maximum absolute atomic E-state index is 5.37. The molecule has 0 aliphatic carbocycles. The highest BCUT2D eigenvalue weighted by Crippen LogP contribution is 2.21. The van der Waals surface area contributed by atoms with E-state index in [-0.39, 0.29) is 0 Å². The molecular weight excluding hydrogens is 268 g/mol. The predicted molar refractivity (Wildman–Crippen MR) is 81.9 cm³/mol. The number of likely N-dealkylation sites (tertiary alicyclic amines) is 1. The Morgan fingerprint density at radius 2 is 2.10 bits per heavy atom. The number of hydrogen-bond acceptors (Lipinski definition) is 3. The number of nitrogens with zero attached hydrogens (tertiary/aromatic N) is 4. The zero-order valence-corrected chi connectivity index (χ0v) is 12.6. The van der Waals surface area contributed by atoms with Gasteiger partial charge in [0.05, 0.1) is 6.67 Å². The van der Waals surface area contributed by atoms with Crippen LogP contribution in [0.15, 0.2) is 36.7 Å². The molecule has 0 radical (unpaired) electrons. The first-order chi connectivity index (χ1) is 9.74. The van der Waals surface area contributed by atoms with Crippen molar-refractivity contribution in [3.8, 4) is 0 Å². The fraction of sp³-hybridized carbons (Fsp3) is 0.467. The summed E-state index contributed by atoms with van der Waals surface area (Å²) in [5, 5.41) is 4.35. The molecule has 1 saturated heterocycles. The van der Waals surface area contributed by atoms with Crippen LogP contribution in [-0.4, -0.2) is 31.8 Å². The molecule has 2 aromatic rings. The second-order valence-corrected chi connectivity index (χ2v) is 5.83. The molecule has 0 unspecified atom stereocenters. The number of rotatable bonds is 4. The van der Waals surface area contributed by atoms with Crippen LogP contribution in [0, 0.1) is 4.77 Å². The largest absolute Gasteiger partial charge is 0.310 e. The molecule has 1 aromatic heterocycles. The van der Waals surface area contributed by atoms with E-state index >= 15 is 0 Å². The van der Waals surface area contributed by atoms with Crippen molar-refractivity contribution >= 4 is 12.2 Å². The first-order valence-corrected chi connectivity index (χ1v) is 7.51. The van der Waals surface area contributed by atoms with Crippen molar-refractivity contribution in [1.82, 2.24) is 19.2 Å². The van der Waals surface area contributed by atoms with Gasteiger partial charge in [-0.15, -0.1) is 0 Å². The molecule has 106 valence electrons. The molecule has 0 amide bonds. The molecule has 1 aliphatic rings. The molecule has 1 fully saturated rings. The highest BCUT2D eigenvalue weighted by atomic mass is 32.1. The van der Waals surface area contributed by atoms with Crippen LogP contribution in [0.2, 0.25) is 0 Å². The summed E-state index contributed by atoms with van der Waals surface area (Å²) in [5.41, 5.74) is 1.41. The van der Waals surface area contributed by atoms with Crippen molar-refractivity contribution in [3.63, 3.8) is 0 Å². The highest BCUT2D eigenvalue weighted by molar-refractivity contribution is 7.71. The van der Waals surface area contributed by atoms with E-state index in [1.54, 1.807) is 6.33 Å². The monoisotopic (exact) mass is 288 g/mol. The lowest BCUT2D eigenvalue weighted by Crippen LogP contribution is -2.33. The third-order valence-corrected chi connectivity index (χ3v) is 4.51. The molecule has 4 nitrogen and oxygen atoms in total. The SMILES string of the molecule is Cn1cnn(CN2CCC[C@@H]2Cc2ccccc2)c1=S. The Bertz CT molecular complexity index is 616. The zero-order valence-electron chi connectivity index (χ0n) is 11.8. The Morgan fingerprint density at radius 3 is 2.80 bits per heavy atom. The van der Waals surface area contributed by atoms with Gasteiger partial charge in [-0.25, -0.2) is 4.68 Å². The van der Waals surface area contributed by atoms with Gasteiger partial charge in [0.15, 0.2) is 4.77 Å². The molecule has 0 spiro atoms. The Morgan fingerprint density at radius 1 is 1.30 bits per heavy atom. The molecular formula is C15H20N4S. The van der Waals surface area contributed by atoms with Gasteiger partial charge in [-0.2, -0.15) is 5.10 Å². The summed E-state index contributed by atoms with van der Waals surface area (Å²) < 4.78 is 4.59. The maximum Gasteiger partial charge on any atom is 0.198 e. The van der Waals surface area contributed by atoms with Gasteiger partial charge in [-0.3, -0.25) is 4.90 Å². The minimum absolute atomic E-state index is 0.598. The van der Waals surface area contributed by atoms with Gasteiger partial charge in [0.25, 0.3) is 0 Å². The summed E-state index contributed by atoms with van der Waals surface area (Å²) in [6.07, 6.45) is 5.41. The first-order valence-electron chi connectivity index (χ1n) is 7.10. The summed E-state index contributed by atoms with van der Waals surface area (Å²) >= 11 is 5.37. The lowest BCUT2D eigenvalue weighted by molar-refractivity contribution is 0.187. The van der Waals surface area contributed by atoms with Crippen LogP contribution in [-0.2, 0) is 20.1 Å². The molecule has 1 aliphatic heterocycles.